The quantitative estimate of drug-likeness (QED) is 0.906. The van der Waals surface area contributed by atoms with Gasteiger partial charge in [-0.05, 0) is 24.3 Å². The molecule has 2 rings (SSSR count). The third kappa shape index (κ3) is 2.69. The van der Waals surface area contributed by atoms with Crippen molar-refractivity contribution in [3.8, 4) is 0 Å². The van der Waals surface area contributed by atoms with Gasteiger partial charge in [-0.15, -0.1) is 11.3 Å². The maximum atomic E-state index is 11.9. The highest BCUT2D eigenvalue weighted by Gasteiger charge is 2.12. The molecule has 1 amide bonds. The maximum Gasteiger partial charge on any atom is 0.345 e. The van der Waals surface area contributed by atoms with Crippen LogP contribution in [-0.2, 0) is 0 Å². The molecule has 0 atom stereocenters. The fraction of sp³-hybridized carbons (Fsp3) is 0. The van der Waals surface area contributed by atoms with E-state index < -0.39 is 5.97 Å². The number of hydrogen-bond donors (Lipinski definition) is 2. The smallest absolute Gasteiger partial charge is 0.345 e. The lowest BCUT2D eigenvalue weighted by Gasteiger charge is -2.03. The van der Waals surface area contributed by atoms with Crippen LogP contribution in [0.2, 0.25) is 5.02 Å². The minimum atomic E-state index is -1.02. The number of nitrogens with one attached hydrogen (secondary N) is 1. The molecule has 0 radical (unpaired) electrons. The Morgan fingerprint density at radius 1 is 1.17 bits per heavy atom. The summed E-state index contributed by atoms with van der Waals surface area (Å²) >= 11 is 6.88. The van der Waals surface area contributed by atoms with E-state index in [0.717, 1.165) is 11.3 Å². The van der Waals surface area contributed by atoms with Gasteiger partial charge in [0.1, 0.15) is 4.88 Å². The Labute approximate surface area is 112 Å². The number of anilines is 1. The number of rotatable bonds is 3. The topological polar surface area (TPSA) is 66.4 Å². The van der Waals surface area contributed by atoms with Gasteiger partial charge in [0.25, 0.3) is 5.91 Å². The van der Waals surface area contributed by atoms with E-state index in [0.29, 0.717) is 15.6 Å². The van der Waals surface area contributed by atoms with E-state index in [1.165, 1.54) is 6.07 Å². The Hall–Kier alpha value is -1.85. The molecule has 6 heteroatoms. The Balaban J connectivity index is 2.16. The highest BCUT2D eigenvalue weighted by Crippen LogP contribution is 2.23. The van der Waals surface area contributed by atoms with Crippen molar-refractivity contribution in [2.24, 2.45) is 0 Å². The van der Waals surface area contributed by atoms with E-state index in [1.54, 1.807) is 30.3 Å². The van der Waals surface area contributed by atoms with Crippen molar-refractivity contribution in [2.45, 2.75) is 0 Å². The number of carboxylic acid groups (broad SMARTS) is 1. The number of carbonyl (C=O) groups excluding carboxylic acids is 1. The number of carbonyl (C=O) groups is 2. The van der Waals surface area contributed by atoms with E-state index in [2.05, 4.69) is 5.32 Å². The zero-order valence-corrected chi connectivity index (χ0v) is 10.6. The second kappa shape index (κ2) is 5.20. The molecular formula is C12H8ClNO3S. The highest BCUT2D eigenvalue weighted by molar-refractivity contribution is 7.18. The third-order valence-electron chi connectivity index (χ3n) is 2.17. The van der Waals surface area contributed by atoms with Crippen molar-refractivity contribution >= 4 is 39.8 Å². The van der Waals surface area contributed by atoms with Gasteiger partial charge in [-0.1, -0.05) is 23.7 Å². The molecule has 2 aromatic rings. The Morgan fingerprint density at radius 2 is 1.89 bits per heavy atom. The first-order valence-electron chi connectivity index (χ1n) is 4.97. The van der Waals surface area contributed by atoms with Crippen LogP contribution in [0.5, 0.6) is 0 Å². The normalized spacial score (nSPS) is 10.1. The molecule has 0 saturated carbocycles. The summed E-state index contributed by atoms with van der Waals surface area (Å²) < 4.78 is 0. The molecule has 1 heterocycles. The van der Waals surface area contributed by atoms with Gasteiger partial charge in [0.15, 0.2) is 0 Å². The summed E-state index contributed by atoms with van der Waals surface area (Å²) in [6.07, 6.45) is 0. The maximum absolute atomic E-state index is 11.9. The molecule has 0 aliphatic rings. The summed E-state index contributed by atoms with van der Waals surface area (Å²) in [4.78, 5) is 22.7. The van der Waals surface area contributed by atoms with Crippen LogP contribution in [0.15, 0.2) is 36.4 Å². The second-order valence-electron chi connectivity index (χ2n) is 3.40. The second-order valence-corrected chi connectivity index (χ2v) is 4.89. The molecule has 92 valence electrons. The molecule has 1 aromatic carbocycles. The summed E-state index contributed by atoms with van der Waals surface area (Å²) in [7, 11) is 0. The molecule has 0 spiro atoms. The zero-order chi connectivity index (χ0) is 13.1. The third-order valence-corrected chi connectivity index (χ3v) is 3.49. The molecule has 0 saturated heterocycles. The summed E-state index contributed by atoms with van der Waals surface area (Å²) in [6.45, 7) is 0. The molecule has 1 aromatic heterocycles. The van der Waals surface area contributed by atoms with Gasteiger partial charge in [-0.2, -0.15) is 0 Å². The van der Waals surface area contributed by atoms with Crippen LogP contribution in [0.4, 0.5) is 5.00 Å². The monoisotopic (exact) mass is 281 g/mol. The standard InChI is InChI=1S/C12H8ClNO3S/c13-8-4-2-1-3-7(8)11(15)14-10-6-5-9(18-10)12(16)17/h1-6H,(H,14,15)(H,16,17). The van der Waals surface area contributed by atoms with Gasteiger partial charge >= 0.3 is 5.97 Å². The number of carboxylic acids is 1. The van der Waals surface area contributed by atoms with Gasteiger partial charge in [0, 0.05) is 0 Å². The minimum absolute atomic E-state index is 0.171. The van der Waals surface area contributed by atoms with Crippen molar-refractivity contribution < 1.29 is 14.7 Å². The molecular weight excluding hydrogens is 274 g/mol. The van der Waals surface area contributed by atoms with Gasteiger partial charge in [-0.25, -0.2) is 4.79 Å². The minimum Gasteiger partial charge on any atom is -0.477 e. The molecule has 0 fully saturated rings. The van der Waals surface area contributed by atoms with Crippen LogP contribution in [0.25, 0.3) is 0 Å². The lowest BCUT2D eigenvalue weighted by molar-refractivity contribution is 0.0702. The van der Waals surface area contributed by atoms with Crippen molar-refractivity contribution in [3.05, 3.63) is 51.9 Å². The van der Waals surface area contributed by atoms with Gasteiger partial charge in [0.05, 0.1) is 15.6 Å². The van der Waals surface area contributed by atoms with Crippen molar-refractivity contribution in [2.75, 3.05) is 5.32 Å². The lowest BCUT2D eigenvalue weighted by atomic mass is 10.2. The summed E-state index contributed by atoms with van der Waals surface area (Å²) in [5.74, 6) is -1.38. The zero-order valence-electron chi connectivity index (χ0n) is 9.01. The molecule has 0 unspecified atom stereocenters. The molecule has 2 N–H and O–H groups in total. The van der Waals surface area contributed by atoms with E-state index in [4.69, 9.17) is 16.7 Å². The van der Waals surface area contributed by atoms with Crippen LogP contribution >= 0.6 is 22.9 Å². The molecule has 0 aliphatic carbocycles. The van der Waals surface area contributed by atoms with Crippen LogP contribution in [0.1, 0.15) is 20.0 Å². The number of amides is 1. The van der Waals surface area contributed by atoms with Crippen molar-refractivity contribution in [3.63, 3.8) is 0 Å². The van der Waals surface area contributed by atoms with E-state index >= 15 is 0 Å². The van der Waals surface area contributed by atoms with Crippen LogP contribution in [-0.4, -0.2) is 17.0 Å². The molecule has 0 bridgehead atoms. The summed E-state index contributed by atoms with van der Waals surface area (Å²) in [5.41, 5.74) is 0.351. The first kappa shape index (κ1) is 12.6. The SMILES string of the molecule is O=C(O)c1ccc(NC(=O)c2ccccc2Cl)s1. The molecule has 0 aliphatic heterocycles. The van der Waals surface area contributed by atoms with Crippen molar-refractivity contribution in [1.29, 1.82) is 0 Å². The number of halogens is 1. The fourth-order valence-electron chi connectivity index (χ4n) is 1.34. The van der Waals surface area contributed by atoms with E-state index in [9.17, 15) is 9.59 Å². The lowest BCUT2D eigenvalue weighted by Crippen LogP contribution is -2.11. The largest absolute Gasteiger partial charge is 0.477 e. The first-order chi connectivity index (χ1) is 8.58. The number of aromatic carboxylic acids is 1. The number of thiophene rings is 1. The Kier molecular flexibility index (Phi) is 3.64. The van der Waals surface area contributed by atoms with E-state index in [1.807, 2.05) is 0 Å². The predicted octanol–water partition coefficient (Wildman–Crippen LogP) is 3.35. The molecule has 18 heavy (non-hydrogen) atoms. The first-order valence-corrected chi connectivity index (χ1v) is 6.16. The van der Waals surface area contributed by atoms with Gasteiger partial charge in [-0.3, -0.25) is 4.79 Å². The van der Waals surface area contributed by atoms with Gasteiger partial charge in [0.2, 0.25) is 0 Å². The fourth-order valence-corrected chi connectivity index (χ4v) is 2.31. The Bertz CT molecular complexity index is 609. The average Bonchev–Trinajstić information content (AvgIpc) is 2.78. The van der Waals surface area contributed by atoms with Crippen LogP contribution in [0.3, 0.4) is 0 Å². The van der Waals surface area contributed by atoms with Crippen LogP contribution in [0, 0.1) is 0 Å². The van der Waals surface area contributed by atoms with E-state index in [-0.39, 0.29) is 10.8 Å². The van der Waals surface area contributed by atoms with Gasteiger partial charge < -0.3 is 10.4 Å². The molecule has 4 nitrogen and oxygen atoms in total. The summed E-state index contributed by atoms with van der Waals surface area (Å²) in [6, 6.07) is 9.64. The van der Waals surface area contributed by atoms with Crippen molar-refractivity contribution in [1.82, 2.24) is 0 Å². The Morgan fingerprint density at radius 3 is 2.50 bits per heavy atom. The average molecular weight is 282 g/mol. The number of benzene rings is 1. The van der Waals surface area contributed by atoms with Crippen LogP contribution < -0.4 is 5.32 Å². The highest BCUT2D eigenvalue weighted by atomic mass is 35.5. The number of hydrogen-bond acceptors (Lipinski definition) is 3. The predicted molar refractivity (Wildman–Crippen MR) is 70.7 cm³/mol. The summed E-state index contributed by atoms with van der Waals surface area (Å²) in [5, 5.41) is 12.2.